The Morgan fingerprint density at radius 1 is 1.48 bits per heavy atom. The van der Waals surface area contributed by atoms with Gasteiger partial charge in [-0.2, -0.15) is 0 Å². The summed E-state index contributed by atoms with van der Waals surface area (Å²) in [6.07, 6.45) is 4.16. The zero-order valence-electron chi connectivity index (χ0n) is 12.9. The van der Waals surface area contributed by atoms with Gasteiger partial charge in [-0.25, -0.2) is 4.99 Å². The predicted octanol–water partition coefficient (Wildman–Crippen LogP) is 4.74. The van der Waals surface area contributed by atoms with E-state index in [0.29, 0.717) is 6.54 Å². The number of hydrogen-bond donors (Lipinski definition) is 1. The number of aliphatic imine (C=N–C) groups is 1. The lowest BCUT2D eigenvalue weighted by molar-refractivity contribution is 0.550. The highest BCUT2D eigenvalue weighted by molar-refractivity contribution is 8.57. The Hall–Kier alpha value is -1.03. The topological polar surface area (TPSA) is 58.7 Å². The first-order valence-corrected chi connectivity index (χ1v) is 10.2. The molecule has 2 unspecified atom stereocenters. The maximum absolute atomic E-state index is 12.7. The van der Waals surface area contributed by atoms with Gasteiger partial charge in [-0.3, -0.25) is 14.7 Å². The third kappa shape index (κ3) is 6.08. The van der Waals surface area contributed by atoms with Crippen molar-refractivity contribution in [3.63, 3.8) is 0 Å². The lowest BCUT2D eigenvalue weighted by atomic mass is 10.2. The second-order valence-corrected chi connectivity index (χ2v) is 9.74. The maximum Gasteiger partial charge on any atom is 0.291 e. The summed E-state index contributed by atoms with van der Waals surface area (Å²) in [5.74, 6) is 0. The van der Waals surface area contributed by atoms with E-state index >= 15 is 0 Å². The molecule has 0 amide bonds. The summed E-state index contributed by atoms with van der Waals surface area (Å²) in [5.41, 5.74) is 8.00. The van der Waals surface area contributed by atoms with Crippen LogP contribution in [-0.4, -0.2) is 22.8 Å². The molecule has 0 aromatic heterocycles. The molecule has 0 fully saturated rings. The van der Waals surface area contributed by atoms with Gasteiger partial charge in [0.1, 0.15) is 0 Å². The Morgan fingerprint density at radius 3 is 2.62 bits per heavy atom. The van der Waals surface area contributed by atoms with Crippen LogP contribution in [0.15, 0.2) is 41.9 Å². The summed E-state index contributed by atoms with van der Waals surface area (Å²) in [6, 6.07) is 7.81. The largest absolute Gasteiger partial charge is 0.291 e. The summed E-state index contributed by atoms with van der Waals surface area (Å²) in [7, 11) is 0. The summed E-state index contributed by atoms with van der Waals surface area (Å²) >= 11 is 1.31. The quantitative estimate of drug-likeness (QED) is 0.324. The minimum atomic E-state index is -3.01. The highest BCUT2D eigenvalue weighted by Crippen LogP contribution is 2.56. The van der Waals surface area contributed by atoms with Crippen molar-refractivity contribution < 1.29 is 4.57 Å². The van der Waals surface area contributed by atoms with Crippen LogP contribution in [0.5, 0.6) is 0 Å². The Kier molecular flexibility index (Phi) is 7.23. The van der Waals surface area contributed by atoms with E-state index in [9.17, 15) is 4.57 Å². The van der Waals surface area contributed by atoms with Gasteiger partial charge in [-0.05, 0) is 25.5 Å². The minimum Gasteiger partial charge on any atom is -0.290 e. The highest BCUT2D eigenvalue weighted by Gasteiger charge is 2.26. The monoisotopic (exact) mass is 325 g/mol. The fraction of sp³-hybridized carbons (Fsp3) is 0.400. The molecule has 0 heterocycles. The van der Waals surface area contributed by atoms with E-state index < -0.39 is 6.65 Å². The Balaban J connectivity index is 2.88. The summed E-state index contributed by atoms with van der Waals surface area (Å²) in [4.78, 5) is 4.35. The number of rotatable bonds is 8. The van der Waals surface area contributed by atoms with Gasteiger partial charge in [0.05, 0.1) is 12.0 Å². The highest BCUT2D eigenvalue weighted by atomic mass is 32.7. The van der Waals surface area contributed by atoms with Gasteiger partial charge >= 0.3 is 0 Å². The molecule has 0 aliphatic rings. The minimum absolute atomic E-state index is 0.237. The first-order valence-electron chi connectivity index (χ1n) is 6.95. The second kappa shape index (κ2) is 8.42. The molecular formula is C15H24N3OPS. The van der Waals surface area contributed by atoms with Crippen LogP contribution >= 0.6 is 18.0 Å². The van der Waals surface area contributed by atoms with E-state index in [1.165, 1.54) is 16.9 Å². The van der Waals surface area contributed by atoms with Crippen LogP contribution in [0.25, 0.3) is 0 Å². The summed E-state index contributed by atoms with van der Waals surface area (Å²) < 4.78 is 14.3. The van der Waals surface area contributed by atoms with Gasteiger partial charge in [-0.1, -0.05) is 49.0 Å². The van der Waals surface area contributed by atoms with E-state index in [1.54, 1.807) is 17.1 Å². The van der Waals surface area contributed by atoms with Crippen LogP contribution in [0.3, 0.4) is 0 Å². The average Bonchev–Trinajstić information content (AvgIpc) is 2.44. The van der Waals surface area contributed by atoms with E-state index in [0.717, 1.165) is 12.1 Å². The van der Waals surface area contributed by atoms with Crippen molar-refractivity contribution in [1.29, 1.82) is 0 Å². The van der Waals surface area contributed by atoms with Gasteiger partial charge < -0.3 is 0 Å². The van der Waals surface area contributed by atoms with Crippen molar-refractivity contribution in [3.05, 3.63) is 42.5 Å². The molecule has 0 radical (unpaired) electrons. The zero-order chi connectivity index (χ0) is 15.9. The van der Waals surface area contributed by atoms with Gasteiger partial charge in [-0.15, -0.1) is 6.58 Å². The average molecular weight is 325 g/mol. The molecule has 0 saturated carbocycles. The molecule has 1 rings (SSSR count). The lowest BCUT2D eigenvalue weighted by Gasteiger charge is -2.26. The molecule has 1 aromatic carbocycles. The summed E-state index contributed by atoms with van der Waals surface area (Å²) in [6.45, 7) is 7.19. The van der Waals surface area contributed by atoms with Crippen molar-refractivity contribution in [2.75, 3.05) is 6.54 Å². The molecular weight excluding hydrogens is 301 g/mol. The van der Waals surface area contributed by atoms with Crippen molar-refractivity contribution in [2.24, 2.45) is 10.5 Å². The van der Waals surface area contributed by atoms with Crippen LogP contribution in [0.2, 0.25) is 0 Å². The normalized spacial score (nSPS) is 15.6. The third-order valence-corrected chi connectivity index (χ3v) is 7.55. The van der Waals surface area contributed by atoms with Crippen LogP contribution in [0.4, 0.5) is 5.69 Å². The molecule has 0 aliphatic heterocycles. The molecule has 116 valence electrons. The molecule has 0 spiro atoms. The predicted molar refractivity (Wildman–Crippen MR) is 95.4 cm³/mol. The van der Waals surface area contributed by atoms with Crippen LogP contribution < -0.4 is 5.50 Å². The number of benzene rings is 1. The molecule has 2 N–H and O–H groups in total. The molecule has 1 aromatic rings. The maximum atomic E-state index is 12.7. The van der Waals surface area contributed by atoms with Crippen molar-refractivity contribution in [2.45, 2.75) is 32.4 Å². The van der Waals surface area contributed by atoms with Crippen LogP contribution in [0.1, 0.15) is 25.8 Å². The molecule has 4 nitrogen and oxygen atoms in total. The Morgan fingerprint density at radius 2 is 2.10 bits per heavy atom. The number of nitrogens with two attached hydrogens (primary N) is 1. The van der Waals surface area contributed by atoms with Gasteiger partial charge in [0.15, 0.2) is 0 Å². The third-order valence-electron chi connectivity index (χ3n) is 2.95. The second-order valence-electron chi connectivity index (χ2n) is 4.88. The van der Waals surface area contributed by atoms with E-state index in [2.05, 4.69) is 18.5 Å². The molecule has 6 heteroatoms. The molecule has 0 aliphatic carbocycles. The van der Waals surface area contributed by atoms with E-state index in [-0.39, 0.29) is 5.25 Å². The van der Waals surface area contributed by atoms with Crippen LogP contribution in [0, 0.1) is 6.92 Å². The van der Waals surface area contributed by atoms with Crippen molar-refractivity contribution >= 4 is 30.1 Å². The van der Waals surface area contributed by atoms with Gasteiger partial charge in [0.2, 0.25) is 0 Å². The Labute approximate surface area is 131 Å². The lowest BCUT2D eigenvalue weighted by Crippen LogP contribution is -2.22. The SMILES string of the molecule is C=CCN(C=Nc1ccc(C)cc1)P(N)(=O)SC(C)CC. The van der Waals surface area contributed by atoms with Gasteiger partial charge in [0.25, 0.3) is 6.65 Å². The standard InChI is InChI=1S/C15H24N3OPS/c1-5-11-18(20(16,19)21-14(4)6-2)12-17-15-9-7-13(3)8-10-15/h5,7-10,12,14H,1,6,11H2,2-4H3,(H2,16,19). The van der Waals surface area contributed by atoms with E-state index in [4.69, 9.17) is 5.50 Å². The number of nitrogens with zero attached hydrogens (tertiary/aromatic N) is 2. The molecule has 2 atom stereocenters. The molecule has 0 saturated heterocycles. The first kappa shape index (κ1) is 18.0. The van der Waals surface area contributed by atoms with Crippen molar-refractivity contribution in [1.82, 2.24) is 4.67 Å². The Bertz CT molecular complexity index is 530. The number of aryl methyl sites for hydroxylation is 1. The fourth-order valence-corrected chi connectivity index (χ4v) is 5.53. The molecule has 0 bridgehead atoms. The van der Waals surface area contributed by atoms with Crippen LogP contribution in [-0.2, 0) is 4.57 Å². The fourth-order valence-electron chi connectivity index (χ4n) is 1.52. The zero-order valence-corrected chi connectivity index (χ0v) is 14.6. The van der Waals surface area contributed by atoms with E-state index in [1.807, 2.05) is 38.1 Å². The number of hydrogen-bond acceptors (Lipinski definition) is 3. The molecule has 21 heavy (non-hydrogen) atoms. The summed E-state index contributed by atoms with van der Waals surface area (Å²) in [5, 5.41) is 0.237. The van der Waals surface area contributed by atoms with Crippen molar-refractivity contribution in [3.8, 4) is 0 Å². The first-order chi connectivity index (χ1) is 9.89. The van der Waals surface area contributed by atoms with Gasteiger partial charge in [0, 0.05) is 11.8 Å². The smallest absolute Gasteiger partial charge is 0.290 e.